The van der Waals surface area contributed by atoms with Gasteiger partial charge in [0, 0.05) is 8.04 Å². The summed E-state index contributed by atoms with van der Waals surface area (Å²) in [5.41, 5.74) is 8.62. The minimum absolute atomic E-state index is 0.739. The number of nitrogens with two attached hydrogens (primary N) is 1. The fraction of sp³-hybridized carbons (Fsp3) is 0. The second-order valence-corrected chi connectivity index (χ2v) is 5.41. The fourth-order valence-corrected chi connectivity index (χ4v) is 2.23. The third-order valence-corrected chi connectivity index (χ3v) is 3.59. The lowest BCUT2D eigenvalue weighted by Crippen LogP contribution is -1.97. The monoisotopic (exact) mass is 388 g/mol. The number of benzene rings is 2. The first kappa shape index (κ1) is 11.7. The molecule has 0 bridgehead atoms. The molecule has 2 aromatic rings. The first-order valence-corrected chi connectivity index (χ1v) is 6.60. The molecule has 0 unspecified atom stereocenters. The molecule has 16 heavy (non-hydrogen) atoms. The van der Waals surface area contributed by atoms with Crippen LogP contribution in [0.15, 0.2) is 46.9 Å². The largest absolute Gasteiger partial charge is 0.397 e. The van der Waals surface area contributed by atoms with Crippen molar-refractivity contribution >= 4 is 55.6 Å². The summed E-state index contributed by atoms with van der Waals surface area (Å²) in [4.78, 5) is 0. The van der Waals surface area contributed by atoms with Crippen molar-refractivity contribution in [2.45, 2.75) is 0 Å². The van der Waals surface area contributed by atoms with E-state index >= 15 is 0 Å². The lowest BCUT2D eigenvalue weighted by atomic mass is 10.2. The number of rotatable bonds is 2. The number of hydrogen-bond acceptors (Lipinski definition) is 2. The Morgan fingerprint density at radius 2 is 1.81 bits per heavy atom. The maximum absolute atomic E-state index is 5.90. The molecular weight excluding hydrogens is 379 g/mol. The van der Waals surface area contributed by atoms with Crippen LogP contribution in [0.5, 0.6) is 0 Å². The molecule has 0 spiro atoms. The van der Waals surface area contributed by atoms with E-state index in [-0.39, 0.29) is 0 Å². The van der Waals surface area contributed by atoms with Crippen LogP contribution in [-0.2, 0) is 0 Å². The van der Waals surface area contributed by atoms with Crippen molar-refractivity contribution < 1.29 is 0 Å². The zero-order valence-electron chi connectivity index (χ0n) is 8.37. The Kier molecular flexibility index (Phi) is 3.70. The summed E-state index contributed by atoms with van der Waals surface area (Å²) in [5.74, 6) is 0. The minimum Gasteiger partial charge on any atom is -0.397 e. The van der Waals surface area contributed by atoms with Gasteiger partial charge in [0.2, 0.25) is 0 Å². The van der Waals surface area contributed by atoms with E-state index in [0.29, 0.717) is 0 Å². The Balaban J connectivity index is 2.34. The highest BCUT2D eigenvalue weighted by molar-refractivity contribution is 14.1. The molecule has 4 heteroatoms. The summed E-state index contributed by atoms with van der Waals surface area (Å²) in [6.45, 7) is 0. The highest BCUT2D eigenvalue weighted by Gasteiger charge is 2.02. The molecule has 2 nitrogen and oxygen atoms in total. The molecular formula is C12H10BrIN2. The molecule has 0 atom stereocenters. The maximum atomic E-state index is 5.90. The Hall–Kier alpha value is -0.750. The average molecular weight is 389 g/mol. The van der Waals surface area contributed by atoms with Crippen LogP contribution in [0.25, 0.3) is 0 Å². The highest BCUT2D eigenvalue weighted by Crippen LogP contribution is 2.28. The second-order valence-electron chi connectivity index (χ2n) is 3.34. The molecule has 0 aliphatic rings. The third kappa shape index (κ3) is 2.68. The first-order valence-electron chi connectivity index (χ1n) is 4.73. The van der Waals surface area contributed by atoms with E-state index < -0.39 is 0 Å². The van der Waals surface area contributed by atoms with Crippen LogP contribution in [0.2, 0.25) is 0 Å². The molecule has 82 valence electrons. The van der Waals surface area contributed by atoms with Gasteiger partial charge in [-0.15, -0.1) is 0 Å². The minimum atomic E-state index is 0.739. The summed E-state index contributed by atoms with van der Waals surface area (Å²) in [5, 5.41) is 3.32. The van der Waals surface area contributed by atoms with E-state index in [0.717, 1.165) is 21.5 Å². The summed E-state index contributed by atoms with van der Waals surface area (Å²) < 4.78 is 2.18. The lowest BCUT2D eigenvalue weighted by Gasteiger charge is -2.11. The number of halogens is 2. The van der Waals surface area contributed by atoms with Crippen molar-refractivity contribution in [1.29, 1.82) is 0 Å². The van der Waals surface area contributed by atoms with Gasteiger partial charge in [0.15, 0.2) is 0 Å². The molecule has 2 rings (SSSR count). The third-order valence-electron chi connectivity index (χ3n) is 2.16. The summed E-state index contributed by atoms with van der Waals surface area (Å²) in [6.07, 6.45) is 0. The van der Waals surface area contributed by atoms with Gasteiger partial charge in [-0.3, -0.25) is 0 Å². The van der Waals surface area contributed by atoms with Gasteiger partial charge in [-0.2, -0.15) is 0 Å². The molecule has 0 amide bonds. The van der Waals surface area contributed by atoms with Crippen LogP contribution >= 0.6 is 38.5 Å². The number of anilines is 3. The maximum Gasteiger partial charge on any atom is 0.0629 e. The molecule has 0 heterocycles. The summed E-state index contributed by atoms with van der Waals surface area (Å²) >= 11 is 5.72. The number of hydrogen-bond donors (Lipinski definition) is 2. The summed E-state index contributed by atoms with van der Waals surface area (Å²) in [6, 6.07) is 13.9. The van der Waals surface area contributed by atoms with E-state index in [2.05, 4.69) is 49.9 Å². The van der Waals surface area contributed by atoms with Gasteiger partial charge in [-0.05, 0) is 52.9 Å². The molecule has 0 radical (unpaired) electrons. The fourth-order valence-electron chi connectivity index (χ4n) is 1.34. The molecule has 0 aromatic heterocycles. The number of nitrogen functional groups attached to an aromatic ring is 1. The molecule has 0 aliphatic heterocycles. The first-order chi connectivity index (χ1) is 7.66. The topological polar surface area (TPSA) is 38.0 Å². The Labute approximate surface area is 117 Å². The SMILES string of the molecule is Nc1ccc(Br)cc1Nc1ccccc1I. The van der Waals surface area contributed by atoms with Crippen molar-refractivity contribution in [2.75, 3.05) is 11.1 Å². The van der Waals surface area contributed by atoms with E-state index in [4.69, 9.17) is 5.73 Å². The standard InChI is InChI=1S/C12H10BrIN2/c13-8-5-6-10(15)12(7-8)16-11-4-2-1-3-9(11)14/h1-7,16H,15H2. The Morgan fingerprint density at radius 1 is 1.06 bits per heavy atom. The van der Waals surface area contributed by atoms with Gasteiger partial charge in [0.25, 0.3) is 0 Å². The second kappa shape index (κ2) is 5.05. The smallest absolute Gasteiger partial charge is 0.0629 e. The van der Waals surface area contributed by atoms with E-state index in [1.807, 2.05) is 36.4 Å². The van der Waals surface area contributed by atoms with Crippen LogP contribution in [0.4, 0.5) is 17.1 Å². The normalized spacial score (nSPS) is 10.1. The van der Waals surface area contributed by atoms with Gasteiger partial charge in [-0.25, -0.2) is 0 Å². The Bertz CT molecular complexity index is 514. The van der Waals surface area contributed by atoms with Gasteiger partial charge >= 0.3 is 0 Å². The predicted molar refractivity (Wildman–Crippen MR) is 81.0 cm³/mol. The van der Waals surface area contributed by atoms with Crippen molar-refractivity contribution in [3.8, 4) is 0 Å². The zero-order valence-corrected chi connectivity index (χ0v) is 12.1. The predicted octanol–water partition coefficient (Wildman–Crippen LogP) is 4.38. The number of nitrogens with one attached hydrogen (secondary N) is 1. The highest BCUT2D eigenvalue weighted by atomic mass is 127. The van der Waals surface area contributed by atoms with Crippen LogP contribution in [0, 0.1) is 3.57 Å². The molecule has 2 aromatic carbocycles. The van der Waals surface area contributed by atoms with E-state index in [1.165, 1.54) is 3.57 Å². The van der Waals surface area contributed by atoms with Gasteiger partial charge < -0.3 is 11.1 Å². The van der Waals surface area contributed by atoms with Crippen LogP contribution in [0.3, 0.4) is 0 Å². The molecule has 3 N–H and O–H groups in total. The molecule has 0 saturated carbocycles. The van der Waals surface area contributed by atoms with Crippen LogP contribution < -0.4 is 11.1 Å². The van der Waals surface area contributed by atoms with Crippen LogP contribution in [0.1, 0.15) is 0 Å². The van der Waals surface area contributed by atoms with Crippen LogP contribution in [-0.4, -0.2) is 0 Å². The van der Waals surface area contributed by atoms with E-state index in [1.54, 1.807) is 0 Å². The quantitative estimate of drug-likeness (QED) is 0.591. The van der Waals surface area contributed by atoms with Crippen molar-refractivity contribution in [3.05, 3.63) is 50.5 Å². The number of para-hydroxylation sites is 1. The van der Waals surface area contributed by atoms with Gasteiger partial charge in [0.1, 0.15) is 0 Å². The van der Waals surface area contributed by atoms with Gasteiger partial charge in [-0.1, -0.05) is 28.1 Å². The Morgan fingerprint density at radius 3 is 2.56 bits per heavy atom. The molecule has 0 fully saturated rings. The average Bonchev–Trinajstić information content (AvgIpc) is 2.27. The lowest BCUT2D eigenvalue weighted by molar-refractivity contribution is 1.51. The van der Waals surface area contributed by atoms with E-state index in [9.17, 15) is 0 Å². The molecule has 0 aliphatic carbocycles. The molecule has 0 saturated heterocycles. The van der Waals surface area contributed by atoms with Gasteiger partial charge in [0.05, 0.1) is 17.1 Å². The summed E-state index contributed by atoms with van der Waals surface area (Å²) in [7, 11) is 0. The van der Waals surface area contributed by atoms with Crippen molar-refractivity contribution in [2.24, 2.45) is 0 Å². The van der Waals surface area contributed by atoms with Crippen molar-refractivity contribution in [3.63, 3.8) is 0 Å². The zero-order chi connectivity index (χ0) is 11.5. The van der Waals surface area contributed by atoms with Crippen molar-refractivity contribution in [1.82, 2.24) is 0 Å².